The fraction of sp³-hybridized carbons (Fsp3) is 0.286. The van der Waals surface area contributed by atoms with Gasteiger partial charge in [0, 0.05) is 13.2 Å². The van der Waals surface area contributed by atoms with Gasteiger partial charge < -0.3 is 18.9 Å². The third-order valence-electron chi connectivity index (χ3n) is 3.53. The Hall–Kier alpha value is -2.63. The van der Waals surface area contributed by atoms with Crippen LogP contribution in [0.2, 0.25) is 0 Å². The Labute approximate surface area is 154 Å². The van der Waals surface area contributed by atoms with E-state index in [9.17, 15) is 4.79 Å². The van der Waals surface area contributed by atoms with E-state index in [-0.39, 0.29) is 5.76 Å². The fourth-order valence-electron chi connectivity index (χ4n) is 2.32. The number of benzene rings is 2. The standard InChI is InChI=1S/C21H24O5/c1-4-24-21(25-5-2)19(15-20(22)23-3)26-18-13-11-17(12-14-18)16-9-7-6-8-10-16/h6-15,21H,4-5H2,1-3H3/b19-15-. The van der Waals surface area contributed by atoms with Crippen molar-refractivity contribution in [3.63, 3.8) is 0 Å². The molecule has 2 aromatic carbocycles. The third-order valence-corrected chi connectivity index (χ3v) is 3.53. The molecule has 0 fully saturated rings. The van der Waals surface area contributed by atoms with Crippen molar-refractivity contribution in [1.82, 2.24) is 0 Å². The third kappa shape index (κ3) is 5.72. The molecule has 0 amide bonds. The molecule has 0 bridgehead atoms. The summed E-state index contributed by atoms with van der Waals surface area (Å²) in [4.78, 5) is 11.7. The Morgan fingerprint density at radius 1 is 0.923 bits per heavy atom. The molecule has 0 aliphatic rings. The molecule has 2 aromatic rings. The summed E-state index contributed by atoms with van der Waals surface area (Å²) in [5.41, 5.74) is 2.19. The van der Waals surface area contributed by atoms with Crippen molar-refractivity contribution in [1.29, 1.82) is 0 Å². The zero-order chi connectivity index (χ0) is 18.8. The molecule has 2 rings (SSSR count). The fourth-order valence-corrected chi connectivity index (χ4v) is 2.32. The lowest BCUT2D eigenvalue weighted by Crippen LogP contribution is -2.24. The molecule has 5 nitrogen and oxygen atoms in total. The van der Waals surface area contributed by atoms with E-state index in [0.29, 0.717) is 19.0 Å². The van der Waals surface area contributed by atoms with Crippen LogP contribution in [0, 0.1) is 0 Å². The van der Waals surface area contributed by atoms with Crippen LogP contribution in [0.5, 0.6) is 5.75 Å². The molecule has 0 unspecified atom stereocenters. The van der Waals surface area contributed by atoms with E-state index in [2.05, 4.69) is 0 Å². The Kier molecular flexibility index (Phi) is 7.86. The Balaban J connectivity index is 2.21. The first-order chi connectivity index (χ1) is 12.7. The van der Waals surface area contributed by atoms with Crippen LogP contribution in [0.4, 0.5) is 0 Å². The molecule has 0 heterocycles. The first-order valence-electron chi connectivity index (χ1n) is 8.54. The topological polar surface area (TPSA) is 54.0 Å². The summed E-state index contributed by atoms with van der Waals surface area (Å²) < 4.78 is 21.6. The molecular weight excluding hydrogens is 332 g/mol. The van der Waals surface area contributed by atoms with Gasteiger partial charge in [0.05, 0.1) is 13.2 Å². The molecule has 0 aliphatic heterocycles. The summed E-state index contributed by atoms with van der Waals surface area (Å²) in [5, 5.41) is 0. The normalized spacial score (nSPS) is 11.5. The highest BCUT2D eigenvalue weighted by Gasteiger charge is 2.19. The van der Waals surface area contributed by atoms with E-state index in [1.54, 1.807) is 0 Å². The second kappa shape index (κ2) is 10.4. The summed E-state index contributed by atoms with van der Waals surface area (Å²) in [6.45, 7) is 4.52. The Bertz CT molecular complexity index is 701. The number of methoxy groups -OCH3 is 1. The van der Waals surface area contributed by atoms with E-state index < -0.39 is 12.3 Å². The molecule has 26 heavy (non-hydrogen) atoms. The molecule has 0 saturated carbocycles. The van der Waals surface area contributed by atoms with Crippen molar-refractivity contribution >= 4 is 5.97 Å². The lowest BCUT2D eigenvalue weighted by molar-refractivity contribution is -0.138. The minimum atomic E-state index is -0.780. The minimum Gasteiger partial charge on any atom is -0.466 e. The summed E-state index contributed by atoms with van der Waals surface area (Å²) in [7, 11) is 1.31. The maximum Gasteiger partial charge on any atom is 0.334 e. The monoisotopic (exact) mass is 356 g/mol. The molecule has 0 aliphatic carbocycles. The number of hydrogen-bond acceptors (Lipinski definition) is 5. The maximum absolute atomic E-state index is 11.7. The van der Waals surface area contributed by atoms with E-state index in [0.717, 1.165) is 11.1 Å². The lowest BCUT2D eigenvalue weighted by Gasteiger charge is -2.20. The van der Waals surface area contributed by atoms with E-state index in [1.807, 2.05) is 68.4 Å². The van der Waals surface area contributed by atoms with Gasteiger partial charge in [-0.1, -0.05) is 42.5 Å². The zero-order valence-electron chi connectivity index (χ0n) is 15.3. The number of ether oxygens (including phenoxy) is 4. The van der Waals surface area contributed by atoms with Crippen LogP contribution in [-0.2, 0) is 19.0 Å². The van der Waals surface area contributed by atoms with Crippen molar-refractivity contribution in [2.24, 2.45) is 0 Å². The quantitative estimate of drug-likeness (QED) is 0.292. The van der Waals surface area contributed by atoms with Gasteiger partial charge in [-0.3, -0.25) is 0 Å². The number of carbonyl (C=O) groups is 1. The number of rotatable bonds is 9. The smallest absolute Gasteiger partial charge is 0.334 e. The Morgan fingerprint density at radius 3 is 2.04 bits per heavy atom. The average molecular weight is 356 g/mol. The van der Waals surface area contributed by atoms with Crippen molar-refractivity contribution < 1.29 is 23.7 Å². The van der Waals surface area contributed by atoms with Gasteiger partial charge in [0.2, 0.25) is 6.29 Å². The second-order valence-electron chi connectivity index (χ2n) is 5.30. The summed E-state index contributed by atoms with van der Waals surface area (Å²) in [6, 6.07) is 17.6. The SMILES string of the molecule is CCOC(OCC)/C(=C/C(=O)OC)Oc1ccc(-c2ccccc2)cc1. The highest BCUT2D eigenvalue weighted by Crippen LogP contribution is 2.24. The van der Waals surface area contributed by atoms with Gasteiger partial charge in [-0.25, -0.2) is 4.79 Å². The van der Waals surface area contributed by atoms with Gasteiger partial charge in [0.15, 0.2) is 5.76 Å². The lowest BCUT2D eigenvalue weighted by atomic mass is 10.1. The predicted molar refractivity (Wildman–Crippen MR) is 99.6 cm³/mol. The Morgan fingerprint density at radius 2 is 1.50 bits per heavy atom. The van der Waals surface area contributed by atoms with Gasteiger partial charge in [-0.05, 0) is 37.1 Å². The number of carbonyl (C=O) groups excluding carboxylic acids is 1. The molecule has 0 N–H and O–H groups in total. The van der Waals surface area contributed by atoms with Gasteiger partial charge in [0.25, 0.3) is 0 Å². The van der Waals surface area contributed by atoms with Gasteiger partial charge in [-0.15, -0.1) is 0 Å². The van der Waals surface area contributed by atoms with E-state index >= 15 is 0 Å². The van der Waals surface area contributed by atoms with Crippen molar-refractivity contribution in [3.8, 4) is 16.9 Å². The first kappa shape index (κ1) is 19.7. The molecule has 0 radical (unpaired) electrons. The summed E-state index contributed by atoms with van der Waals surface area (Å²) in [6.07, 6.45) is 0.457. The minimum absolute atomic E-state index is 0.244. The van der Waals surface area contributed by atoms with Gasteiger partial charge in [-0.2, -0.15) is 0 Å². The van der Waals surface area contributed by atoms with Gasteiger partial charge >= 0.3 is 5.97 Å². The molecule has 0 aromatic heterocycles. The molecule has 0 atom stereocenters. The number of esters is 1. The van der Waals surface area contributed by atoms with Crippen LogP contribution < -0.4 is 4.74 Å². The van der Waals surface area contributed by atoms with Crippen LogP contribution in [-0.4, -0.2) is 32.6 Å². The van der Waals surface area contributed by atoms with Crippen LogP contribution in [0.3, 0.4) is 0 Å². The highest BCUT2D eigenvalue weighted by atomic mass is 16.7. The van der Waals surface area contributed by atoms with Crippen molar-refractivity contribution in [2.75, 3.05) is 20.3 Å². The second-order valence-corrected chi connectivity index (χ2v) is 5.30. The van der Waals surface area contributed by atoms with Crippen LogP contribution in [0.1, 0.15) is 13.8 Å². The highest BCUT2D eigenvalue weighted by molar-refractivity contribution is 5.82. The molecule has 5 heteroatoms. The zero-order valence-corrected chi connectivity index (χ0v) is 15.3. The van der Waals surface area contributed by atoms with Crippen LogP contribution in [0.15, 0.2) is 66.4 Å². The van der Waals surface area contributed by atoms with Crippen LogP contribution in [0.25, 0.3) is 11.1 Å². The van der Waals surface area contributed by atoms with Crippen LogP contribution >= 0.6 is 0 Å². The molecule has 138 valence electrons. The molecular formula is C21H24O5. The summed E-state index contributed by atoms with van der Waals surface area (Å²) >= 11 is 0. The molecule has 0 spiro atoms. The summed E-state index contributed by atoms with van der Waals surface area (Å²) in [5.74, 6) is 0.280. The van der Waals surface area contributed by atoms with Gasteiger partial charge in [0.1, 0.15) is 5.75 Å². The number of hydrogen-bond donors (Lipinski definition) is 0. The first-order valence-corrected chi connectivity index (χ1v) is 8.54. The molecule has 0 saturated heterocycles. The van der Waals surface area contributed by atoms with E-state index in [4.69, 9.17) is 18.9 Å². The van der Waals surface area contributed by atoms with E-state index in [1.165, 1.54) is 13.2 Å². The largest absolute Gasteiger partial charge is 0.466 e. The predicted octanol–water partition coefficient (Wildman–Crippen LogP) is 4.19. The van der Waals surface area contributed by atoms with Crippen molar-refractivity contribution in [3.05, 3.63) is 66.4 Å². The average Bonchev–Trinajstić information content (AvgIpc) is 2.68. The van der Waals surface area contributed by atoms with Crippen molar-refractivity contribution in [2.45, 2.75) is 20.1 Å². The maximum atomic E-state index is 11.7.